The second-order valence-electron chi connectivity index (χ2n) is 4.06. The van der Waals surface area contributed by atoms with Gasteiger partial charge in [-0.3, -0.25) is 0 Å². The minimum absolute atomic E-state index is 0.00755. The van der Waals surface area contributed by atoms with Crippen LogP contribution in [-0.2, 0) is 4.79 Å². The Balaban J connectivity index is 2.57. The van der Waals surface area contributed by atoms with Crippen LogP contribution in [0, 0.1) is 0 Å². The number of carbonyl (C=O) groups is 1. The van der Waals surface area contributed by atoms with Crippen LogP contribution in [0.4, 0.5) is 0 Å². The van der Waals surface area contributed by atoms with Gasteiger partial charge in [-0.25, -0.2) is 4.79 Å². The zero-order valence-corrected chi connectivity index (χ0v) is 11.7. The van der Waals surface area contributed by atoms with E-state index in [0.29, 0.717) is 16.1 Å². The minimum Gasteiger partial charge on any atom is -0.508 e. The fourth-order valence-corrected chi connectivity index (χ4v) is 2.09. The lowest BCUT2D eigenvalue weighted by atomic mass is 10.0. The Morgan fingerprint density at radius 1 is 1.10 bits per heavy atom. The lowest BCUT2D eigenvalue weighted by Gasteiger charge is -2.06. The maximum Gasteiger partial charge on any atom is 0.336 e. The molecule has 5 heteroatoms. The van der Waals surface area contributed by atoms with E-state index in [1.54, 1.807) is 30.3 Å². The van der Waals surface area contributed by atoms with Crippen LogP contribution in [0.5, 0.6) is 5.75 Å². The molecule has 102 valence electrons. The van der Waals surface area contributed by atoms with Crippen LogP contribution >= 0.6 is 23.2 Å². The highest BCUT2D eigenvalue weighted by atomic mass is 35.5. The molecule has 0 aromatic heterocycles. The molecule has 0 saturated heterocycles. The number of hydrogen-bond donors (Lipinski definition) is 2. The molecule has 2 rings (SSSR count). The van der Waals surface area contributed by atoms with Crippen molar-refractivity contribution in [1.29, 1.82) is 0 Å². The summed E-state index contributed by atoms with van der Waals surface area (Å²) in [5, 5.41) is 19.4. The first-order valence-corrected chi connectivity index (χ1v) is 6.43. The fraction of sp³-hybridized carbons (Fsp3) is 0. The quantitative estimate of drug-likeness (QED) is 0.655. The van der Waals surface area contributed by atoms with E-state index in [9.17, 15) is 15.0 Å². The lowest BCUT2D eigenvalue weighted by molar-refractivity contribution is -0.130. The molecular formula is C15H10Cl2O3. The Labute approximate surface area is 125 Å². The van der Waals surface area contributed by atoms with Gasteiger partial charge in [0.15, 0.2) is 0 Å². The molecule has 2 N–H and O–H groups in total. The second-order valence-corrected chi connectivity index (χ2v) is 4.84. The summed E-state index contributed by atoms with van der Waals surface area (Å²) in [4.78, 5) is 11.4. The van der Waals surface area contributed by atoms with Crippen LogP contribution in [0.15, 0.2) is 42.5 Å². The van der Waals surface area contributed by atoms with Crippen LogP contribution < -0.4 is 0 Å². The number of phenolic OH excluding ortho intramolecular Hbond substituents is 1. The van der Waals surface area contributed by atoms with Crippen molar-refractivity contribution in [1.82, 2.24) is 0 Å². The molecule has 0 radical (unpaired) electrons. The largest absolute Gasteiger partial charge is 0.508 e. The van der Waals surface area contributed by atoms with Gasteiger partial charge in [0.05, 0.1) is 15.6 Å². The Morgan fingerprint density at radius 2 is 1.80 bits per heavy atom. The van der Waals surface area contributed by atoms with Gasteiger partial charge in [-0.2, -0.15) is 0 Å². The van der Waals surface area contributed by atoms with Crippen LogP contribution in [-0.4, -0.2) is 16.2 Å². The third kappa shape index (κ3) is 3.13. The number of aromatic hydroxyl groups is 1. The summed E-state index contributed by atoms with van der Waals surface area (Å²) in [5.74, 6) is -1.13. The summed E-state index contributed by atoms with van der Waals surface area (Å²) in [7, 11) is 0. The second kappa shape index (κ2) is 5.99. The number of halogens is 2. The monoisotopic (exact) mass is 308 g/mol. The standard InChI is InChI=1S/C15H10Cl2O3/c16-13-6-2-4-10(14(13)17)8-12(15(19)20)9-3-1-5-11(18)7-9/h1-8,18H,(H,19,20)/b12-8-. The van der Waals surface area contributed by atoms with Gasteiger partial charge in [-0.05, 0) is 35.4 Å². The molecule has 2 aromatic carbocycles. The highest BCUT2D eigenvalue weighted by Gasteiger charge is 2.12. The van der Waals surface area contributed by atoms with E-state index in [0.717, 1.165) is 0 Å². The van der Waals surface area contributed by atoms with Crippen molar-refractivity contribution in [3.05, 3.63) is 63.6 Å². The summed E-state index contributed by atoms with van der Waals surface area (Å²) in [6.07, 6.45) is 1.42. The fourth-order valence-electron chi connectivity index (χ4n) is 1.73. The average Bonchev–Trinajstić information content (AvgIpc) is 2.40. The summed E-state index contributed by atoms with van der Waals surface area (Å²) in [6, 6.07) is 11.0. The molecule has 20 heavy (non-hydrogen) atoms. The molecule has 2 aromatic rings. The Kier molecular flexibility index (Phi) is 4.32. The number of carboxylic acid groups (broad SMARTS) is 1. The number of phenols is 1. The highest BCUT2D eigenvalue weighted by molar-refractivity contribution is 6.43. The molecule has 0 bridgehead atoms. The average molecular weight is 309 g/mol. The number of aliphatic carboxylic acids is 1. The Bertz CT molecular complexity index is 693. The lowest BCUT2D eigenvalue weighted by Crippen LogP contribution is -1.99. The zero-order valence-electron chi connectivity index (χ0n) is 10.2. The van der Waals surface area contributed by atoms with Crippen molar-refractivity contribution >= 4 is 40.8 Å². The third-order valence-electron chi connectivity index (χ3n) is 2.67. The number of benzene rings is 2. The topological polar surface area (TPSA) is 57.5 Å². The van der Waals surface area contributed by atoms with Crippen molar-refractivity contribution in [2.45, 2.75) is 0 Å². The van der Waals surface area contributed by atoms with Gasteiger partial charge >= 0.3 is 5.97 Å². The van der Waals surface area contributed by atoms with E-state index in [1.807, 2.05) is 0 Å². The molecule has 0 aliphatic rings. The molecule has 0 saturated carbocycles. The van der Waals surface area contributed by atoms with E-state index in [1.165, 1.54) is 18.2 Å². The van der Waals surface area contributed by atoms with Crippen molar-refractivity contribution in [2.75, 3.05) is 0 Å². The van der Waals surface area contributed by atoms with Gasteiger partial charge in [0.2, 0.25) is 0 Å². The molecule has 0 aliphatic carbocycles. The SMILES string of the molecule is O=C(O)/C(=C\c1cccc(Cl)c1Cl)c1cccc(O)c1. The molecule has 3 nitrogen and oxygen atoms in total. The van der Waals surface area contributed by atoms with Gasteiger partial charge in [-0.1, -0.05) is 47.5 Å². The van der Waals surface area contributed by atoms with E-state index in [2.05, 4.69) is 0 Å². The van der Waals surface area contributed by atoms with Crippen LogP contribution in [0.3, 0.4) is 0 Å². The summed E-state index contributed by atoms with van der Waals surface area (Å²) < 4.78 is 0. The number of hydrogen-bond acceptors (Lipinski definition) is 2. The predicted molar refractivity (Wildman–Crippen MR) is 80.1 cm³/mol. The summed E-state index contributed by atoms with van der Waals surface area (Å²) in [5.41, 5.74) is 0.901. The van der Waals surface area contributed by atoms with Crippen molar-refractivity contribution in [3.8, 4) is 5.75 Å². The molecule has 0 spiro atoms. The molecule has 0 amide bonds. The Morgan fingerprint density at radius 3 is 2.45 bits per heavy atom. The van der Waals surface area contributed by atoms with Gasteiger partial charge in [0.25, 0.3) is 0 Å². The molecule has 0 fully saturated rings. The van der Waals surface area contributed by atoms with E-state index >= 15 is 0 Å². The molecule has 0 aliphatic heterocycles. The van der Waals surface area contributed by atoms with E-state index < -0.39 is 5.97 Å². The molecule has 0 unspecified atom stereocenters. The highest BCUT2D eigenvalue weighted by Crippen LogP contribution is 2.29. The van der Waals surface area contributed by atoms with Crippen molar-refractivity contribution in [2.24, 2.45) is 0 Å². The van der Waals surface area contributed by atoms with Gasteiger partial charge in [0, 0.05) is 0 Å². The molecule has 0 atom stereocenters. The number of carboxylic acids is 1. The maximum absolute atomic E-state index is 11.4. The first kappa shape index (κ1) is 14.4. The van der Waals surface area contributed by atoms with Gasteiger partial charge in [-0.15, -0.1) is 0 Å². The van der Waals surface area contributed by atoms with Crippen molar-refractivity contribution in [3.63, 3.8) is 0 Å². The zero-order chi connectivity index (χ0) is 14.7. The normalized spacial score (nSPS) is 11.4. The minimum atomic E-state index is -1.12. The van der Waals surface area contributed by atoms with E-state index in [4.69, 9.17) is 23.2 Å². The van der Waals surface area contributed by atoms with Crippen molar-refractivity contribution < 1.29 is 15.0 Å². The van der Waals surface area contributed by atoms with Crippen LogP contribution in [0.2, 0.25) is 10.0 Å². The first-order chi connectivity index (χ1) is 9.49. The summed E-state index contributed by atoms with van der Waals surface area (Å²) >= 11 is 11.9. The Hall–Kier alpha value is -1.97. The van der Waals surface area contributed by atoms with Gasteiger partial charge < -0.3 is 10.2 Å². The van der Waals surface area contributed by atoms with E-state index in [-0.39, 0.29) is 16.3 Å². The smallest absolute Gasteiger partial charge is 0.336 e. The third-order valence-corrected chi connectivity index (χ3v) is 3.50. The molecule has 0 heterocycles. The predicted octanol–water partition coefficient (Wildman–Crippen LogP) is 4.32. The first-order valence-electron chi connectivity index (χ1n) is 5.67. The maximum atomic E-state index is 11.4. The summed E-state index contributed by atoms with van der Waals surface area (Å²) in [6.45, 7) is 0. The van der Waals surface area contributed by atoms with Crippen LogP contribution in [0.1, 0.15) is 11.1 Å². The van der Waals surface area contributed by atoms with Gasteiger partial charge in [0.1, 0.15) is 5.75 Å². The number of rotatable bonds is 3. The molecular weight excluding hydrogens is 299 g/mol. The van der Waals surface area contributed by atoms with Crippen LogP contribution in [0.25, 0.3) is 11.6 Å².